The van der Waals surface area contributed by atoms with Gasteiger partial charge < -0.3 is 15.5 Å². The van der Waals surface area contributed by atoms with Crippen LogP contribution in [0.1, 0.15) is 13.3 Å². The lowest BCUT2D eigenvalue weighted by Crippen LogP contribution is -2.35. The van der Waals surface area contributed by atoms with E-state index in [1.165, 1.54) is 12.3 Å². The molecule has 106 valence electrons. The number of halogens is 1. The zero-order valence-corrected chi connectivity index (χ0v) is 11.6. The minimum absolute atomic E-state index is 0.281. The van der Waals surface area contributed by atoms with Crippen LogP contribution in [-0.4, -0.2) is 49.2 Å². The van der Waals surface area contributed by atoms with Gasteiger partial charge in [-0.3, -0.25) is 0 Å². The summed E-state index contributed by atoms with van der Waals surface area (Å²) in [5.74, 6) is 1.13. The highest BCUT2D eigenvalue weighted by molar-refractivity contribution is 5.38. The summed E-state index contributed by atoms with van der Waals surface area (Å²) in [4.78, 5) is 8.85. The van der Waals surface area contributed by atoms with Gasteiger partial charge in [-0.05, 0) is 37.6 Å². The molecule has 0 aliphatic carbocycles. The van der Waals surface area contributed by atoms with E-state index in [0.29, 0.717) is 5.92 Å². The van der Waals surface area contributed by atoms with Crippen molar-refractivity contribution in [1.29, 1.82) is 0 Å². The molecular formula is C14H23FN4. The summed E-state index contributed by atoms with van der Waals surface area (Å²) in [6.07, 6.45) is 2.39. The maximum Gasteiger partial charge on any atom is 0.141 e. The number of hydrogen-bond acceptors (Lipinski definition) is 4. The highest BCUT2D eigenvalue weighted by atomic mass is 19.1. The second-order valence-electron chi connectivity index (χ2n) is 5.32. The van der Waals surface area contributed by atoms with Gasteiger partial charge >= 0.3 is 0 Å². The van der Waals surface area contributed by atoms with E-state index in [4.69, 9.17) is 5.73 Å². The molecule has 0 spiro atoms. The molecule has 1 aromatic heterocycles. The maximum absolute atomic E-state index is 12.9. The fourth-order valence-corrected chi connectivity index (χ4v) is 2.45. The minimum atomic E-state index is -0.281. The van der Waals surface area contributed by atoms with Crippen LogP contribution in [0.2, 0.25) is 0 Å². The lowest BCUT2D eigenvalue weighted by Gasteiger charge is -2.24. The van der Waals surface area contributed by atoms with Gasteiger partial charge in [0, 0.05) is 26.2 Å². The van der Waals surface area contributed by atoms with Crippen LogP contribution < -0.4 is 10.6 Å². The smallest absolute Gasteiger partial charge is 0.141 e. The minimum Gasteiger partial charge on any atom is -0.355 e. The summed E-state index contributed by atoms with van der Waals surface area (Å²) >= 11 is 0. The SMILES string of the molecule is CC(CN)CN1CCCN(c2ccc(F)cn2)CC1. The first-order valence-electron chi connectivity index (χ1n) is 6.98. The van der Waals surface area contributed by atoms with E-state index in [9.17, 15) is 4.39 Å². The van der Waals surface area contributed by atoms with Gasteiger partial charge in [0.25, 0.3) is 0 Å². The normalized spacial score (nSPS) is 19.2. The van der Waals surface area contributed by atoms with Crippen LogP contribution in [0.15, 0.2) is 18.3 Å². The summed E-state index contributed by atoms with van der Waals surface area (Å²) in [5, 5.41) is 0. The number of nitrogens with zero attached hydrogens (tertiary/aromatic N) is 3. The van der Waals surface area contributed by atoms with Gasteiger partial charge in [-0.1, -0.05) is 6.92 Å². The molecule has 1 aliphatic heterocycles. The summed E-state index contributed by atoms with van der Waals surface area (Å²) < 4.78 is 12.9. The first kappa shape index (κ1) is 14.2. The molecular weight excluding hydrogens is 243 g/mol. The Morgan fingerprint density at radius 3 is 2.84 bits per heavy atom. The predicted octanol–water partition coefficient (Wildman–Crippen LogP) is 1.33. The molecule has 2 N–H and O–H groups in total. The molecule has 1 atom stereocenters. The van der Waals surface area contributed by atoms with Gasteiger partial charge in [0.1, 0.15) is 11.6 Å². The van der Waals surface area contributed by atoms with Crippen molar-refractivity contribution < 1.29 is 4.39 Å². The van der Waals surface area contributed by atoms with Crippen molar-refractivity contribution in [2.75, 3.05) is 44.2 Å². The topological polar surface area (TPSA) is 45.4 Å². The summed E-state index contributed by atoms with van der Waals surface area (Å²) in [5.41, 5.74) is 5.68. The first-order chi connectivity index (χ1) is 9.19. The Bertz CT molecular complexity index is 382. The number of aromatic nitrogens is 1. The van der Waals surface area contributed by atoms with Crippen molar-refractivity contribution in [2.24, 2.45) is 11.7 Å². The van der Waals surface area contributed by atoms with Gasteiger partial charge in [-0.25, -0.2) is 9.37 Å². The number of anilines is 1. The van der Waals surface area contributed by atoms with E-state index in [1.807, 2.05) is 0 Å². The van der Waals surface area contributed by atoms with E-state index < -0.39 is 0 Å². The Morgan fingerprint density at radius 1 is 1.32 bits per heavy atom. The lowest BCUT2D eigenvalue weighted by molar-refractivity contribution is 0.255. The average molecular weight is 266 g/mol. The molecule has 1 aliphatic rings. The van der Waals surface area contributed by atoms with Crippen molar-refractivity contribution >= 4 is 5.82 Å². The van der Waals surface area contributed by atoms with Crippen LogP contribution in [0, 0.1) is 11.7 Å². The van der Waals surface area contributed by atoms with Gasteiger partial charge in [-0.2, -0.15) is 0 Å². The van der Waals surface area contributed by atoms with Crippen molar-refractivity contribution in [1.82, 2.24) is 9.88 Å². The fraction of sp³-hybridized carbons (Fsp3) is 0.643. The fourth-order valence-electron chi connectivity index (χ4n) is 2.45. The van der Waals surface area contributed by atoms with Gasteiger partial charge in [-0.15, -0.1) is 0 Å². The number of nitrogens with two attached hydrogens (primary N) is 1. The molecule has 0 aromatic carbocycles. The quantitative estimate of drug-likeness (QED) is 0.893. The maximum atomic E-state index is 12.9. The molecule has 19 heavy (non-hydrogen) atoms. The third kappa shape index (κ3) is 4.14. The second kappa shape index (κ2) is 6.82. The largest absolute Gasteiger partial charge is 0.355 e. The van der Waals surface area contributed by atoms with Crippen LogP contribution in [0.25, 0.3) is 0 Å². The van der Waals surface area contributed by atoms with Gasteiger partial charge in [0.05, 0.1) is 6.20 Å². The van der Waals surface area contributed by atoms with E-state index >= 15 is 0 Å². The molecule has 1 saturated heterocycles. The van der Waals surface area contributed by atoms with Crippen LogP contribution >= 0.6 is 0 Å². The summed E-state index contributed by atoms with van der Waals surface area (Å²) in [6.45, 7) is 8.01. The highest BCUT2D eigenvalue weighted by Gasteiger charge is 2.17. The molecule has 0 radical (unpaired) electrons. The summed E-state index contributed by atoms with van der Waals surface area (Å²) in [6, 6.07) is 3.23. The zero-order chi connectivity index (χ0) is 13.7. The zero-order valence-electron chi connectivity index (χ0n) is 11.6. The molecule has 1 fully saturated rings. The first-order valence-corrected chi connectivity index (χ1v) is 6.98. The van der Waals surface area contributed by atoms with Crippen LogP contribution in [0.5, 0.6) is 0 Å². The third-order valence-electron chi connectivity index (χ3n) is 3.60. The molecule has 5 heteroatoms. The Labute approximate surface area is 114 Å². The Morgan fingerprint density at radius 2 is 2.16 bits per heavy atom. The van der Waals surface area contributed by atoms with E-state index in [-0.39, 0.29) is 5.82 Å². The Hall–Kier alpha value is -1.20. The standard InChI is InChI=1S/C14H23FN4/c1-12(9-16)11-18-5-2-6-19(8-7-18)14-4-3-13(15)10-17-14/h3-4,10,12H,2,5-9,11,16H2,1H3. The van der Waals surface area contributed by atoms with E-state index in [2.05, 4.69) is 21.7 Å². The van der Waals surface area contributed by atoms with E-state index in [0.717, 1.165) is 51.5 Å². The van der Waals surface area contributed by atoms with Crippen molar-refractivity contribution in [3.8, 4) is 0 Å². The molecule has 1 aromatic rings. The van der Waals surface area contributed by atoms with Crippen LogP contribution in [0.3, 0.4) is 0 Å². The Balaban J connectivity index is 1.91. The highest BCUT2D eigenvalue weighted by Crippen LogP contribution is 2.14. The summed E-state index contributed by atoms with van der Waals surface area (Å²) in [7, 11) is 0. The van der Waals surface area contributed by atoms with Crippen molar-refractivity contribution in [2.45, 2.75) is 13.3 Å². The number of pyridine rings is 1. The molecule has 2 heterocycles. The predicted molar refractivity (Wildman–Crippen MR) is 75.7 cm³/mol. The molecule has 1 unspecified atom stereocenters. The van der Waals surface area contributed by atoms with Gasteiger partial charge in [0.15, 0.2) is 0 Å². The molecule has 0 bridgehead atoms. The van der Waals surface area contributed by atoms with Crippen molar-refractivity contribution in [3.63, 3.8) is 0 Å². The number of rotatable bonds is 4. The van der Waals surface area contributed by atoms with Crippen molar-refractivity contribution in [3.05, 3.63) is 24.1 Å². The molecule has 0 amide bonds. The van der Waals surface area contributed by atoms with Gasteiger partial charge in [0.2, 0.25) is 0 Å². The second-order valence-corrected chi connectivity index (χ2v) is 5.32. The lowest BCUT2D eigenvalue weighted by atomic mass is 10.1. The van der Waals surface area contributed by atoms with Crippen LogP contribution in [0.4, 0.5) is 10.2 Å². The Kier molecular flexibility index (Phi) is 5.10. The van der Waals surface area contributed by atoms with Crippen LogP contribution in [-0.2, 0) is 0 Å². The monoisotopic (exact) mass is 266 g/mol. The third-order valence-corrected chi connectivity index (χ3v) is 3.60. The molecule has 0 saturated carbocycles. The molecule has 4 nitrogen and oxygen atoms in total. The number of hydrogen-bond donors (Lipinski definition) is 1. The molecule has 2 rings (SSSR count). The average Bonchev–Trinajstić information content (AvgIpc) is 2.65. The van der Waals surface area contributed by atoms with E-state index in [1.54, 1.807) is 6.07 Å².